The molecule has 2 saturated carbocycles. The summed E-state index contributed by atoms with van der Waals surface area (Å²) in [6.45, 7) is 0. The minimum Gasteiger partial charge on any atom is -0.466 e. The third-order valence-corrected chi connectivity index (χ3v) is 3.31. The molecule has 0 atom stereocenters. The minimum absolute atomic E-state index is 0.431. The van der Waals surface area contributed by atoms with Crippen LogP contribution in [-0.4, -0.2) is 15.5 Å². The molecule has 0 saturated heterocycles. The second-order valence-corrected chi connectivity index (χ2v) is 4.58. The Kier molecular flexibility index (Phi) is 1.75. The maximum absolute atomic E-state index is 5.65. The van der Waals surface area contributed by atoms with Gasteiger partial charge in [-0.1, -0.05) is 0 Å². The zero-order chi connectivity index (χ0) is 8.67. The van der Waals surface area contributed by atoms with E-state index >= 15 is 0 Å². The maximum Gasteiger partial charge on any atom is 0.293 e. The van der Waals surface area contributed by atoms with Crippen molar-refractivity contribution in [2.24, 2.45) is 0 Å². The predicted octanol–water partition coefficient (Wildman–Crippen LogP) is 2.35. The number of aromatic nitrogens is 2. The Bertz CT molecular complexity index is 304. The standard InChI is InChI=1S/C9H12N2OS/c1-2-7(3-1)12-9-10-8(11-13-9)6-4-5-6/h6-7H,1-5H2. The van der Waals surface area contributed by atoms with Crippen molar-refractivity contribution in [1.29, 1.82) is 0 Å². The molecule has 4 heteroatoms. The normalized spacial score (nSPS) is 22.8. The number of hydrogen-bond acceptors (Lipinski definition) is 4. The number of rotatable bonds is 3. The summed E-state index contributed by atoms with van der Waals surface area (Å²) < 4.78 is 9.95. The summed E-state index contributed by atoms with van der Waals surface area (Å²) in [5.74, 6) is 1.66. The molecular formula is C9H12N2OS. The Balaban J connectivity index is 1.66. The van der Waals surface area contributed by atoms with E-state index in [-0.39, 0.29) is 0 Å². The molecule has 0 bridgehead atoms. The van der Waals surface area contributed by atoms with Crippen molar-refractivity contribution in [1.82, 2.24) is 9.36 Å². The number of nitrogens with zero attached hydrogens (tertiary/aromatic N) is 2. The molecule has 0 aromatic carbocycles. The zero-order valence-corrected chi connectivity index (χ0v) is 8.22. The van der Waals surface area contributed by atoms with Crippen LogP contribution >= 0.6 is 11.5 Å². The summed E-state index contributed by atoms with van der Waals surface area (Å²) >= 11 is 1.41. The van der Waals surface area contributed by atoms with E-state index in [1.807, 2.05) is 0 Å². The molecule has 13 heavy (non-hydrogen) atoms. The van der Waals surface area contributed by atoms with Crippen LogP contribution < -0.4 is 4.74 Å². The average molecular weight is 196 g/mol. The van der Waals surface area contributed by atoms with E-state index in [1.165, 1.54) is 43.6 Å². The molecule has 0 aliphatic heterocycles. The van der Waals surface area contributed by atoms with Gasteiger partial charge in [-0.15, -0.1) is 0 Å². The van der Waals surface area contributed by atoms with Gasteiger partial charge in [-0.2, -0.15) is 9.36 Å². The predicted molar refractivity (Wildman–Crippen MR) is 50.2 cm³/mol. The van der Waals surface area contributed by atoms with Crippen LogP contribution in [0.3, 0.4) is 0 Å². The zero-order valence-electron chi connectivity index (χ0n) is 7.40. The molecule has 0 unspecified atom stereocenters. The summed E-state index contributed by atoms with van der Waals surface area (Å²) in [7, 11) is 0. The third-order valence-electron chi connectivity index (χ3n) is 2.69. The van der Waals surface area contributed by atoms with Gasteiger partial charge in [0, 0.05) is 17.5 Å². The Morgan fingerprint density at radius 2 is 2.08 bits per heavy atom. The van der Waals surface area contributed by atoms with Crippen molar-refractivity contribution >= 4 is 11.5 Å². The first-order chi connectivity index (χ1) is 6.42. The highest BCUT2D eigenvalue weighted by Crippen LogP contribution is 2.40. The Labute approximate surface area is 81.3 Å². The Hall–Kier alpha value is -0.640. The van der Waals surface area contributed by atoms with Gasteiger partial charge in [0.1, 0.15) is 11.9 Å². The van der Waals surface area contributed by atoms with Gasteiger partial charge in [-0.25, -0.2) is 0 Å². The fourth-order valence-corrected chi connectivity index (χ4v) is 2.08. The quantitative estimate of drug-likeness (QED) is 0.744. The highest BCUT2D eigenvalue weighted by Gasteiger charge is 2.29. The van der Waals surface area contributed by atoms with Gasteiger partial charge >= 0.3 is 0 Å². The Morgan fingerprint density at radius 1 is 1.23 bits per heavy atom. The minimum atomic E-state index is 0.431. The summed E-state index contributed by atoms with van der Waals surface area (Å²) in [6.07, 6.45) is 6.65. The van der Waals surface area contributed by atoms with Crippen molar-refractivity contribution in [3.05, 3.63) is 5.82 Å². The van der Waals surface area contributed by atoms with Gasteiger partial charge in [-0.3, -0.25) is 0 Å². The van der Waals surface area contributed by atoms with Crippen LogP contribution in [-0.2, 0) is 0 Å². The molecule has 2 fully saturated rings. The summed E-state index contributed by atoms with van der Waals surface area (Å²) in [5.41, 5.74) is 0. The van der Waals surface area contributed by atoms with Crippen molar-refractivity contribution in [3.63, 3.8) is 0 Å². The molecule has 0 N–H and O–H groups in total. The van der Waals surface area contributed by atoms with E-state index in [0.29, 0.717) is 12.0 Å². The largest absolute Gasteiger partial charge is 0.466 e. The molecule has 1 aromatic rings. The molecule has 0 radical (unpaired) electrons. The van der Waals surface area contributed by atoms with Gasteiger partial charge in [0.2, 0.25) is 0 Å². The number of hydrogen-bond donors (Lipinski definition) is 0. The fourth-order valence-electron chi connectivity index (χ4n) is 1.41. The SMILES string of the molecule is C1CC(Oc2nc(C3CC3)ns2)C1. The second kappa shape index (κ2) is 2.94. The van der Waals surface area contributed by atoms with Crippen molar-refractivity contribution in [2.75, 3.05) is 0 Å². The molecular weight excluding hydrogens is 184 g/mol. The molecule has 3 rings (SSSR count). The van der Waals surface area contributed by atoms with E-state index in [1.54, 1.807) is 0 Å². The summed E-state index contributed by atoms with van der Waals surface area (Å²) in [5, 5.41) is 0.784. The highest BCUT2D eigenvalue weighted by molar-refractivity contribution is 7.07. The van der Waals surface area contributed by atoms with Crippen molar-refractivity contribution in [2.45, 2.75) is 44.1 Å². The van der Waals surface area contributed by atoms with Crippen LogP contribution in [0.2, 0.25) is 0 Å². The van der Waals surface area contributed by atoms with Crippen LogP contribution in [0.25, 0.3) is 0 Å². The van der Waals surface area contributed by atoms with Gasteiger partial charge in [0.15, 0.2) is 0 Å². The first-order valence-electron chi connectivity index (χ1n) is 4.92. The lowest BCUT2D eigenvalue weighted by Crippen LogP contribution is -2.24. The molecule has 2 aliphatic carbocycles. The molecule has 0 spiro atoms. The van der Waals surface area contributed by atoms with Crippen molar-refractivity contribution in [3.8, 4) is 5.19 Å². The van der Waals surface area contributed by atoms with Gasteiger partial charge in [0.05, 0.1) is 0 Å². The molecule has 1 heterocycles. The maximum atomic E-state index is 5.65. The average Bonchev–Trinajstić information content (AvgIpc) is 2.80. The van der Waals surface area contributed by atoms with Gasteiger partial charge in [-0.05, 0) is 32.1 Å². The van der Waals surface area contributed by atoms with Crippen LogP contribution in [0.4, 0.5) is 0 Å². The van der Waals surface area contributed by atoms with Gasteiger partial charge < -0.3 is 4.74 Å². The van der Waals surface area contributed by atoms with Crippen LogP contribution in [0, 0.1) is 0 Å². The molecule has 3 nitrogen and oxygen atoms in total. The first kappa shape index (κ1) is 7.74. The second-order valence-electron chi connectivity index (χ2n) is 3.86. The molecule has 70 valence electrons. The number of ether oxygens (including phenoxy) is 1. The highest BCUT2D eigenvalue weighted by atomic mass is 32.1. The Morgan fingerprint density at radius 3 is 2.69 bits per heavy atom. The van der Waals surface area contributed by atoms with Crippen molar-refractivity contribution < 1.29 is 4.74 Å². The lowest BCUT2D eigenvalue weighted by molar-refractivity contribution is 0.119. The summed E-state index contributed by atoms with van der Waals surface area (Å²) in [6, 6.07) is 0. The monoisotopic (exact) mass is 196 g/mol. The third kappa shape index (κ3) is 1.55. The van der Waals surface area contributed by atoms with E-state index in [4.69, 9.17) is 4.74 Å². The molecule has 2 aliphatic rings. The smallest absolute Gasteiger partial charge is 0.293 e. The lowest BCUT2D eigenvalue weighted by Gasteiger charge is -2.24. The van der Waals surface area contributed by atoms with E-state index in [9.17, 15) is 0 Å². The van der Waals surface area contributed by atoms with E-state index in [0.717, 1.165) is 11.0 Å². The topological polar surface area (TPSA) is 35.0 Å². The lowest BCUT2D eigenvalue weighted by atomic mass is 9.96. The first-order valence-corrected chi connectivity index (χ1v) is 5.69. The van der Waals surface area contributed by atoms with Crippen LogP contribution in [0.5, 0.6) is 5.19 Å². The van der Waals surface area contributed by atoms with E-state index < -0.39 is 0 Å². The molecule has 0 amide bonds. The van der Waals surface area contributed by atoms with E-state index in [2.05, 4.69) is 9.36 Å². The van der Waals surface area contributed by atoms with Crippen LogP contribution in [0.1, 0.15) is 43.8 Å². The van der Waals surface area contributed by atoms with Crippen LogP contribution in [0.15, 0.2) is 0 Å². The molecule has 1 aromatic heterocycles. The summed E-state index contributed by atoms with van der Waals surface area (Å²) in [4.78, 5) is 4.38. The fraction of sp³-hybridized carbons (Fsp3) is 0.778. The van der Waals surface area contributed by atoms with Gasteiger partial charge in [0.25, 0.3) is 5.19 Å².